The second kappa shape index (κ2) is 6.37. The SMILES string of the molecule is COc1ccc2c(c1)C=CC(O)(C(F)(F)C(F)(F)C(F)(F)C(F)(F)C(F)(F)F)O2. The Morgan fingerprint density at radius 1 is 0.862 bits per heavy atom. The van der Waals surface area contributed by atoms with Crippen molar-refractivity contribution in [1.29, 1.82) is 0 Å². The van der Waals surface area contributed by atoms with E-state index in [0.717, 1.165) is 18.2 Å². The normalized spacial score (nSPS) is 20.9. The van der Waals surface area contributed by atoms with Gasteiger partial charge in [0, 0.05) is 5.56 Å². The predicted octanol–water partition coefficient (Wildman–Crippen LogP) is 4.89. The van der Waals surface area contributed by atoms with E-state index in [-0.39, 0.29) is 17.4 Å². The second-order valence-corrected chi connectivity index (χ2v) is 5.83. The van der Waals surface area contributed by atoms with Crippen molar-refractivity contribution in [2.45, 2.75) is 35.7 Å². The summed E-state index contributed by atoms with van der Waals surface area (Å²) in [5.74, 6) is -34.7. The van der Waals surface area contributed by atoms with Crippen molar-refractivity contribution in [3.63, 3.8) is 0 Å². The molecule has 1 aromatic carbocycles. The standard InChI is InChI=1S/C15H9F11O3/c1-28-8-2-3-9-7(6-8)4-5-10(27,29-9)11(16,17)12(18,19)13(20,21)14(22,23)15(24,25)26/h2-6,27H,1H3. The van der Waals surface area contributed by atoms with E-state index in [1.165, 1.54) is 7.11 Å². The van der Waals surface area contributed by atoms with Gasteiger partial charge in [-0.25, -0.2) is 0 Å². The molecule has 2 rings (SSSR count). The van der Waals surface area contributed by atoms with E-state index in [4.69, 9.17) is 4.74 Å². The van der Waals surface area contributed by atoms with Crippen LogP contribution in [0.15, 0.2) is 24.3 Å². The summed E-state index contributed by atoms with van der Waals surface area (Å²) in [5, 5.41) is 9.71. The van der Waals surface area contributed by atoms with Crippen molar-refractivity contribution < 1.29 is 62.9 Å². The minimum absolute atomic E-state index is 0.0934. The van der Waals surface area contributed by atoms with E-state index in [9.17, 15) is 53.4 Å². The molecule has 0 saturated heterocycles. The Morgan fingerprint density at radius 3 is 1.90 bits per heavy atom. The van der Waals surface area contributed by atoms with Gasteiger partial charge >= 0.3 is 29.9 Å². The number of fused-ring (bicyclic) bond motifs is 1. The summed E-state index contributed by atoms with van der Waals surface area (Å²) in [6, 6.07) is 2.87. The molecule has 1 unspecified atom stereocenters. The first-order valence-corrected chi connectivity index (χ1v) is 7.22. The van der Waals surface area contributed by atoms with Gasteiger partial charge in [0.15, 0.2) is 0 Å². The molecular formula is C15H9F11O3. The number of halogens is 11. The first kappa shape index (κ1) is 23.0. The van der Waals surface area contributed by atoms with Crippen LogP contribution in [0.2, 0.25) is 0 Å². The van der Waals surface area contributed by atoms with Crippen molar-refractivity contribution in [1.82, 2.24) is 0 Å². The number of rotatable bonds is 5. The van der Waals surface area contributed by atoms with Crippen LogP contribution in [0, 0.1) is 0 Å². The van der Waals surface area contributed by atoms with Crippen LogP contribution >= 0.6 is 0 Å². The molecule has 0 saturated carbocycles. The largest absolute Gasteiger partial charge is 0.497 e. The fourth-order valence-corrected chi connectivity index (χ4v) is 2.25. The van der Waals surface area contributed by atoms with Crippen LogP contribution in [-0.2, 0) is 0 Å². The molecule has 1 N–H and O–H groups in total. The molecule has 1 heterocycles. The van der Waals surface area contributed by atoms with Crippen molar-refractivity contribution >= 4 is 6.08 Å². The van der Waals surface area contributed by atoms with E-state index in [2.05, 4.69) is 4.74 Å². The highest BCUT2D eigenvalue weighted by molar-refractivity contribution is 5.63. The molecule has 1 aliphatic heterocycles. The van der Waals surface area contributed by atoms with Crippen LogP contribution in [0.5, 0.6) is 11.5 Å². The van der Waals surface area contributed by atoms with Crippen LogP contribution in [0.25, 0.3) is 6.08 Å². The lowest BCUT2D eigenvalue weighted by Gasteiger charge is -2.43. The van der Waals surface area contributed by atoms with Gasteiger partial charge in [0.05, 0.1) is 7.11 Å². The topological polar surface area (TPSA) is 38.7 Å². The van der Waals surface area contributed by atoms with Crippen molar-refractivity contribution in [2.24, 2.45) is 0 Å². The Labute approximate surface area is 154 Å². The van der Waals surface area contributed by atoms with E-state index < -0.39 is 41.4 Å². The minimum Gasteiger partial charge on any atom is -0.497 e. The maximum atomic E-state index is 14.1. The molecular weight excluding hydrogens is 437 g/mol. The minimum atomic E-state index is -7.66. The maximum Gasteiger partial charge on any atom is 0.460 e. The molecule has 3 nitrogen and oxygen atoms in total. The number of alkyl halides is 11. The summed E-state index contributed by atoms with van der Waals surface area (Å²) in [6.45, 7) is 0. The fraction of sp³-hybridized carbons (Fsp3) is 0.467. The van der Waals surface area contributed by atoms with Crippen molar-refractivity contribution in [3.8, 4) is 11.5 Å². The summed E-state index contributed by atoms with van der Waals surface area (Å²) in [4.78, 5) is 0. The van der Waals surface area contributed by atoms with Gasteiger partial charge in [0.25, 0.3) is 5.79 Å². The Balaban J connectivity index is 2.53. The lowest BCUT2D eigenvalue weighted by Crippen LogP contribution is -2.72. The average molecular weight is 446 g/mol. The summed E-state index contributed by atoms with van der Waals surface area (Å²) in [5.41, 5.74) is -0.180. The van der Waals surface area contributed by atoms with Crippen LogP contribution in [0.4, 0.5) is 48.3 Å². The molecule has 0 radical (unpaired) electrons. The highest BCUT2D eigenvalue weighted by Gasteiger charge is 2.90. The lowest BCUT2D eigenvalue weighted by molar-refractivity contribution is -0.444. The van der Waals surface area contributed by atoms with Crippen LogP contribution in [0.1, 0.15) is 5.56 Å². The Bertz CT molecular complexity index is 816. The lowest BCUT2D eigenvalue weighted by atomic mass is 9.91. The van der Waals surface area contributed by atoms with Crippen LogP contribution in [-0.4, -0.2) is 47.9 Å². The summed E-state index contributed by atoms with van der Waals surface area (Å²) >= 11 is 0. The molecule has 1 aromatic rings. The van der Waals surface area contributed by atoms with Crippen LogP contribution in [0.3, 0.4) is 0 Å². The molecule has 1 aliphatic rings. The zero-order chi connectivity index (χ0) is 22.7. The van der Waals surface area contributed by atoms with E-state index in [1.54, 1.807) is 0 Å². The molecule has 29 heavy (non-hydrogen) atoms. The zero-order valence-corrected chi connectivity index (χ0v) is 13.8. The van der Waals surface area contributed by atoms with Gasteiger partial charge < -0.3 is 14.6 Å². The fourth-order valence-electron chi connectivity index (χ4n) is 2.25. The second-order valence-electron chi connectivity index (χ2n) is 5.83. The summed E-state index contributed by atoms with van der Waals surface area (Å²) in [7, 11) is 1.18. The molecule has 0 aromatic heterocycles. The third-order valence-corrected chi connectivity index (χ3v) is 3.96. The molecule has 0 fully saturated rings. The van der Waals surface area contributed by atoms with Gasteiger partial charge in [0.2, 0.25) is 0 Å². The van der Waals surface area contributed by atoms with E-state index in [0.29, 0.717) is 6.08 Å². The van der Waals surface area contributed by atoms with Gasteiger partial charge in [-0.15, -0.1) is 0 Å². The quantitative estimate of drug-likeness (QED) is 0.655. The first-order valence-electron chi connectivity index (χ1n) is 7.22. The third kappa shape index (κ3) is 3.07. The molecule has 0 spiro atoms. The van der Waals surface area contributed by atoms with E-state index in [1.807, 2.05) is 0 Å². The molecule has 1 atom stereocenters. The monoisotopic (exact) mass is 446 g/mol. The molecule has 164 valence electrons. The molecule has 14 heteroatoms. The number of hydrogen-bond donors (Lipinski definition) is 1. The predicted molar refractivity (Wildman–Crippen MR) is 73.4 cm³/mol. The smallest absolute Gasteiger partial charge is 0.460 e. The van der Waals surface area contributed by atoms with Gasteiger partial charge in [-0.1, -0.05) is 0 Å². The van der Waals surface area contributed by atoms with Crippen LogP contribution < -0.4 is 9.47 Å². The number of ether oxygens (including phenoxy) is 2. The Hall–Kier alpha value is -2.25. The Morgan fingerprint density at radius 2 is 1.41 bits per heavy atom. The van der Waals surface area contributed by atoms with E-state index >= 15 is 0 Å². The summed E-state index contributed by atoms with van der Waals surface area (Å²) < 4.78 is 154. The number of benzene rings is 1. The molecule has 0 amide bonds. The van der Waals surface area contributed by atoms with Gasteiger partial charge in [0.1, 0.15) is 11.5 Å². The average Bonchev–Trinajstić information content (AvgIpc) is 2.59. The zero-order valence-electron chi connectivity index (χ0n) is 13.8. The highest BCUT2D eigenvalue weighted by atomic mass is 19.4. The Kier molecular flexibility index (Phi) is 5.06. The summed E-state index contributed by atoms with van der Waals surface area (Å²) in [6.07, 6.45) is -7.11. The number of aliphatic hydroxyl groups is 1. The van der Waals surface area contributed by atoms with Gasteiger partial charge in [-0.05, 0) is 30.4 Å². The van der Waals surface area contributed by atoms with Crippen molar-refractivity contribution in [3.05, 3.63) is 29.8 Å². The number of methoxy groups -OCH3 is 1. The van der Waals surface area contributed by atoms with Crippen molar-refractivity contribution in [2.75, 3.05) is 7.11 Å². The van der Waals surface area contributed by atoms with Gasteiger partial charge in [-0.2, -0.15) is 48.3 Å². The maximum absolute atomic E-state index is 14.1. The first-order chi connectivity index (χ1) is 12.9. The number of hydrogen-bond acceptors (Lipinski definition) is 3. The molecule has 0 aliphatic carbocycles. The highest BCUT2D eigenvalue weighted by Crippen LogP contribution is 2.60. The van der Waals surface area contributed by atoms with Gasteiger partial charge in [-0.3, -0.25) is 0 Å². The third-order valence-electron chi connectivity index (χ3n) is 3.96. The molecule has 0 bridgehead atoms.